The van der Waals surface area contributed by atoms with Gasteiger partial charge in [0.15, 0.2) is 0 Å². The first-order valence-corrected chi connectivity index (χ1v) is 10.7. The summed E-state index contributed by atoms with van der Waals surface area (Å²) >= 11 is 3.46. The lowest BCUT2D eigenvalue weighted by Gasteiger charge is -2.24. The highest BCUT2D eigenvalue weighted by Crippen LogP contribution is 2.37. The third-order valence-corrected chi connectivity index (χ3v) is 5.96. The van der Waals surface area contributed by atoms with Crippen LogP contribution in [-0.4, -0.2) is 24.9 Å². The fourth-order valence-electron chi connectivity index (χ4n) is 3.97. The lowest BCUT2D eigenvalue weighted by atomic mass is 9.95. The third kappa shape index (κ3) is 3.62. The Bertz CT molecular complexity index is 1100. The van der Waals surface area contributed by atoms with Crippen LogP contribution >= 0.6 is 15.9 Å². The number of nitrogens with zero attached hydrogens (tertiary/aromatic N) is 5. The lowest BCUT2D eigenvalue weighted by Crippen LogP contribution is -2.15. The first-order chi connectivity index (χ1) is 14.3. The summed E-state index contributed by atoms with van der Waals surface area (Å²) in [6.07, 6.45) is 11.5. The quantitative estimate of drug-likeness (QED) is 0.386. The Morgan fingerprint density at radius 1 is 0.931 bits per heavy atom. The molecule has 1 aliphatic rings. The van der Waals surface area contributed by atoms with Crippen LogP contribution in [0.5, 0.6) is 0 Å². The molecule has 0 atom stereocenters. The number of hydrogen-bond acceptors (Lipinski definition) is 5. The molecule has 3 aromatic heterocycles. The summed E-state index contributed by atoms with van der Waals surface area (Å²) in [5.41, 5.74) is 3.85. The Labute approximate surface area is 177 Å². The van der Waals surface area contributed by atoms with E-state index in [1.54, 1.807) is 12.4 Å². The summed E-state index contributed by atoms with van der Waals surface area (Å²) in [5.74, 6) is 1.05. The second-order valence-corrected chi connectivity index (χ2v) is 8.22. The number of rotatable bonds is 4. The first-order valence-electron chi connectivity index (χ1n) is 9.87. The van der Waals surface area contributed by atoms with Gasteiger partial charge in [0, 0.05) is 28.0 Å². The van der Waals surface area contributed by atoms with Crippen LogP contribution in [0.1, 0.15) is 38.1 Å². The topological polar surface area (TPSA) is 69.6 Å². The molecule has 0 saturated heterocycles. The smallest absolute Gasteiger partial charge is 0.262 e. The summed E-state index contributed by atoms with van der Waals surface area (Å²) in [4.78, 5) is 8.83. The van der Waals surface area contributed by atoms with E-state index in [0.29, 0.717) is 17.8 Å². The minimum Gasteiger partial charge on any atom is -0.333 e. The second-order valence-electron chi connectivity index (χ2n) is 7.31. The molecule has 7 heteroatoms. The second kappa shape index (κ2) is 7.91. The molecule has 1 aromatic carbocycles. The minimum atomic E-state index is 0.398. The maximum atomic E-state index is 5.66. The SMILES string of the molecule is Brc1ccc(-c2noc(-c3cnn(C4CCCCC4)c3-c3ccncc3)n2)cc1. The number of benzene rings is 1. The van der Waals surface area contributed by atoms with Crippen LogP contribution < -0.4 is 0 Å². The van der Waals surface area contributed by atoms with Gasteiger partial charge in [-0.1, -0.05) is 40.3 Å². The van der Waals surface area contributed by atoms with E-state index < -0.39 is 0 Å². The maximum absolute atomic E-state index is 5.66. The van der Waals surface area contributed by atoms with Crippen molar-refractivity contribution in [2.45, 2.75) is 38.1 Å². The molecule has 0 N–H and O–H groups in total. The van der Waals surface area contributed by atoms with E-state index in [1.807, 2.05) is 42.6 Å². The number of hydrogen-bond donors (Lipinski definition) is 0. The van der Waals surface area contributed by atoms with Gasteiger partial charge in [-0.25, -0.2) is 0 Å². The molecule has 5 rings (SSSR count). The molecule has 0 spiro atoms. The highest BCUT2D eigenvalue weighted by molar-refractivity contribution is 9.10. The van der Waals surface area contributed by atoms with Crippen LogP contribution in [0.4, 0.5) is 0 Å². The zero-order valence-electron chi connectivity index (χ0n) is 15.8. The van der Waals surface area contributed by atoms with E-state index in [9.17, 15) is 0 Å². The zero-order chi connectivity index (χ0) is 19.6. The summed E-state index contributed by atoms with van der Waals surface area (Å²) < 4.78 is 8.82. The van der Waals surface area contributed by atoms with E-state index in [-0.39, 0.29) is 0 Å². The van der Waals surface area contributed by atoms with Crippen molar-refractivity contribution in [3.05, 3.63) is 59.5 Å². The van der Waals surface area contributed by atoms with Crippen molar-refractivity contribution in [1.29, 1.82) is 0 Å². The van der Waals surface area contributed by atoms with E-state index in [4.69, 9.17) is 9.62 Å². The van der Waals surface area contributed by atoms with Crippen LogP contribution in [0.25, 0.3) is 34.1 Å². The average Bonchev–Trinajstić information content (AvgIpc) is 3.43. The van der Waals surface area contributed by atoms with Gasteiger partial charge in [-0.3, -0.25) is 9.67 Å². The molecular weight excluding hydrogens is 430 g/mol. The van der Waals surface area contributed by atoms with Crippen molar-refractivity contribution >= 4 is 15.9 Å². The number of pyridine rings is 1. The maximum Gasteiger partial charge on any atom is 0.262 e. The normalized spacial score (nSPS) is 14.9. The average molecular weight is 450 g/mol. The predicted molar refractivity (Wildman–Crippen MR) is 114 cm³/mol. The zero-order valence-corrected chi connectivity index (χ0v) is 17.4. The van der Waals surface area contributed by atoms with Gasteiger partial charge in [0.05, 0.1) is 23.5 Å². The van der Waals surface area contributed by atoms with Crippen LogP contribution in [0.3, 0.4) is 0 Å². The van der Waals surface area contributed by atoms with Gasteiger partial charge in [0.2, 0.25) is 5.82 Å². The van der Waals surface area contributed by atoms with Gasteiger partial charge in [0.25, 0.3) is 5.89 Å². The molecule has 0 radical (unpaired) electrons. The number of aromatic nitrogens is 5. The molecule has 6 nitrogen and oxygen atoms in total. The van der Waals surface area contributed by atoms with E-state index in [2.05, 4.69) is 35.7 Å². The van der Waals surface area contributed by atoms with Crippen LogP contribution in [0, 0.1) is 0 Å². The molecule has 146 valence electrons. The van der Waals surface area contributed by atoms with Gasteiger partial charge in [-0.2, -0.15) is 10.1 Å². The molecule has 0 amide bonds. The highest BCUT2D eigenvalue weighted by atomic mass is 79.9. The third-order valence-electron chi connectivity index (χ3n) is 5.43. The fourth-order valence-corrected chi connectivity index (χ4v) is 4.23. The molecule has 0 unspecified atom stereocenters. The van der Waals surface area contributed by atoms with Crippen molar-refractivity contribution in [2.75, 3.05) is 0 Å². The number of halogens is 1. The van der Waals surface area contributed by atoms with Crippen molar-refractivity contribution in [3.63, 3.8) is 0 Å². The molecule has 4 aromatic rings. The summed E-state index contributed by atoms with van der Waals surface area (Å²) in [7, 11) is 0. The van der Waals surface area contributed by atoms with E-state index in [1.165, 1.54) is 19.3 Å². The highest BCUT2D eigenvalue weighted by Gasteiger charge is 2.25. The van der Waals surface area contributed by atoms with Crippen molar-refractivity contribution in [2.24, 2.45) is 0 Å². The first kappa shape index (κ1) is 18.2. The molecule has 29 heavy (non-hydrogen) atoms. The van der Waals surface area contributed by atoms with Crippen LogP contribution in [-0.2, 0) is 0 Å². The Morgan fingerprint density at radius 3 is 2.45 bits per heavy atom. The van der Waals surface area contributed by atoms with Gasteiger partial charge < -0.3 is 4.52 Å². The van der Waals surface area contributed by atoms with Gasteiger partial charge in [-0.15, -0.1) is 0 Å². The summed E-state index contributed by atoms with van der Waals surface area (Å²) in [6, 6.07) is 12.3. The van der Waals surface area contributed by atoms with E-state index in [0.717, 1.165) is 39.7 Å². The minimum absolute atomic E-state index is 0.398. The Hall–Kier alpha value is -2.80. The molecule has 1 fully saturated rings. The molecule has 1 saturated carbocycles. The lowest BCUT2D eigenvalue weighted by molar-refractivity contribution is 0.332. The Kier molecular flexibility index (Phi) is 4.97. The van der Waals surface area contributed by atoms with Crippen LogP contribution in [0.15, 0.2) is 64.0 Å². The molecule has 1 aliphatic carbocycles. The summed E-state index contributed by atoms with van der Waals surface area (Å²) in [6.45, 7) is 0. The predicted octanol–water partition coefficient (Wildman–Crippen LogP) is 5.93. The van der Waals surface area contributed by atoms with Crippen molar-refractivity contribution in [3.8, 4) is 34.1 Å². The molecule has 0 aliphatic heterocycles. The standard InChI is InChI=1S/C22H20BrN5O/c23-17-8-6-16(7-9-17)21-26-22(29-27-21)19-14-25-28(18-4-2-1-3-5-18)20(19)15-10-12-24-13-11-15/h6-14,18H,1-5H2. The largest absolute Gasteiger partial charge is 0.333 e. The van der Waals surface area contributed by atoms with Crippen LogP contribution in [0.2, 0.25) is 0 Å². The Balaban J connectivity index is 1.58. The van der Waals surface area contributed by atoms with E-state index >= 15 is 0 Å². The summed E-state index contributed by atoms with van der Waals surface area (Å²) in [5, 5.41) is 8.95. The Morgan fingerprint density at radius 2 is 1.69 bits per heavy atom. The van der Waals surface area contributed by atoms with Gasteiger partial charge >= 0.3 is 0 Å². The van der Waals surface area contributed by atoms with Crippen molar-refractivity contribution in [1.82, 2.24) is 24.9 Å². The van der Waals surface area contributed by atoms with Gasteiger partial charge in [0.1, 0.15) is 0 Å². The molecule has 3 heterocycles. The fraction of sp³-hybridized carbons (Fsp3) is 0.273. The molecular formula is C22H20BrN5O. The monoisotopic (exact) mass is 449 g/mol. The van der Waals surface area contributed by atoms with Crippen molar-refractivity contribution < 1.29 is 4.52 Å². The van der Waals surface area contributed by atoms with Gasteiger partial charge in [-0.05, 0) is 49.2 Å². The molecule has 0 bridgehead atoms.